The molecule has 0 fully saturated rings. The van der Waals surface area contributed by atoms with Crippen molar-refractivity contribution in [3.05, 3.63) is 52.5 Å². The van der Waals surface area contributed by atoms with E-state index in [2.05, 4.69) is 0 Å². The van der Waals surface area contributed by atoms with Gasteiger partial charge in [-0.1, -0.05) is 23.2 Å². The summed E-state index contributed by atoms with van der Waals surface area (Å²) < 4.78 is 11.3. The average molecular weight is 354 g/mol. The van der Waals surface area contributed by atoms with E-state index in [1.54, 1.807) is 18.2 Å². The number of halogens is 2. The number of benzene rings is 2. The Labute approximate surface area is 147 Å². The van der Waals surface area contributed by atoms with Crippen molar-refractivity contribution in [2.45, 2.75) is 25.7 Å². The number of nitrogens with two attached hydrogens (primary N) is 1. The van der Waals surface area contributed by atoms with Gasteiger partial charge in [0.1, 0.15) is 11.5 Å². The topological polar surface area (TPSA) is 44.5 Å². The van der Waals surface area contributed by atoms with Gasteiger partial charge < -0.3 is 15.2 Å². The van der Waals surface area contributed by atoms with Crippen LogP contribution in [-0.4, -0.2) is 13.2 Å². The molecule has 0 amide bonds. The first-order valence-corrected chi connectivity index (χ1v) is 8.47. The van der Waals surface area contributed by atoms with E-state index in [-0.39, 0.29) is 0 Å². The number of hydrogen-bond acceptors (Lipinski definition) is 3. The fourth-order valence-corrected chi connectivity index (χ4v) is 2.55. The van der Waals surface area contributed by atoms with Crippen molar-refractivity contribution in [1.82, 2.24) is 0 Å². The first-order chi connectivity index (χ1) is 11.1. The molecule has 2 aromatic carbocycles. The minimum absolute atomic E-state index is 0.550. The van der Waals surface area contributed by atoms with E-state index in [0.717, 1.165) is 37.1 Å². The summed E-state index contributed by atoms with van der Waals surface area (Å²) in [6.45, 7) is 1.37. The molecular weight excluding hydrogens is 333 g/mol. The maximum absolute atomic E-state index is 6.05. The van der Waals surface area contributed by atoms with Crippen molar-refractivity contribution >= 4 is 28.9 Å². The highest BCUT2D eigenvalue weighted by Crippen LogP contribution is 2.27. The van der Waals surface area contributed by atoms with E-state index in [0.29, 0.717) is 29.0 Å². The predicted octanol–water partition coefficient (Wildman–Crippen LogP) is 5.59. The maximum Gasteiger partial charge on any atom is 0.137 e. The fraction of sp³-hybridized carbons (Fsp3) is 0.333. The normalized spacial score (nSPS) is 10.5. The molecule has 0 heterocycles. The second kappa shape index (κ2) is 9.53. The molecule has 0 aliphatic rings. The van der Waals surface area contributed by atoms with Crippen LogP contribution in [0, 0.1) is 0 Å². The number of anilines is 1. The lowest BCUT2D eigenvalue weighted by atomic mass is 10.2. The highest BCUT2D eigenvalue weighted by Gasteiger charge is 2.02. The molecule has 0 saturated carbocycles. The van der Waals surface area contributed by atoms with E-state index in [4.69, 9.17) is 38.4 Å². The van der Waals surface area contributed by atoms with Gasteiger partial charge in [0.05, 0.1) is 18.2 Å². The van der Waals surface area contributed by atoms with Crippen LogP contribution < -0.4 is 15.2 Å². The highest BCUT2D eigenvalue weighted by molar-refractivity contribution is 6.35. The zero-order valence-corrected chi connectivity index (χ0v) is 14.4. The molecule has 5 heteroatoms. The summed E-state index contributed by atoms with van der Waals surface area (Å²) in [7, 11) is 0. The Kier molecular flexibility index (Phi) is 7.37. The SMILES string of the molecule is Nc1ccc(OCCCCCCOc2ccc(Cl)cc2Cl)cc1. The van der Waals surface area contributed by atoms with Crippen molar-refractivity contribution in [2.75, 3.05) is 18.9 Å². The van der Waals surface area contributed by atoms with Crippen LogP contribution in [0.3, 0.4) is 0 Å². The van der Waals surface area contributed by atoms with Gasteiger partial charge in [0, 0.05) is 10.7 Å². The van der Waals surface area contributed by atoms with Gasteiger partial charge in [0.15, 0.2) is 0 Å². The summed E-state index contributed by atoms with van der Waals surface area (Å²) >= 11 is 11.9. The largest absolute Gasteiger partial charge is 0.494 e. The molecule has 0 aliphatic carbocycles. The van der Waals surface area contributed by atoms with E-state index < -0.39 is 0 Å². The summed E-state index contributed by atoms with van der Waals surface area (Å²) in [6.07, 6.45) is 4.20. The van der Waals surface area contributed by atoms with Gasteiger partial charge in [-0.3, -0.25) is 0 Å². The molecule has 0 aliphatic heterocycles. The zero-order valence-electron chi connectivity index (χ0n) is 12.9. The fourth-order valence-electron chi connectivity index (χ4n) is 2.09. The average Bonchev–Trinajstić information content (AvgIpc) is 2.53. The van der Waals surface area contributed by atoms with Crippen LogP contribution in [0.5, 0.6) is 11.5 Å². The van der Waals surface area contributed by atoms with E-state index in [1.807, 2.05) is 24.3 Å². The summed E-state index contributed by atoms with van der Waals surface area (Å²) in [5, 5.41) is 1.16. The Morgan fingerprint density at radius 1 is 0.783 bits per heavy atom. The molecule has 3 nitrogen and oxygen atoms in total. The number of hydrogen-bond donors (Lipinski definition) is 1. The second-order valence-corrected chi connectivity index (χ2v) is 6.10. The third kappa shape index (κ3) is 6.59. The number of ether oxygens (including phenoxy) is 2. The predicted molar refractivity (Wildman–Crippen MR) is 96.8 cm³/mol. The number of nitrogen functional groups attached to an aromatic ring is 1. The van der Waals surface area contributed by atoms with Gasteiger partial charge in [-0.2, -0.15) is 0 Å². The zero-order chi connectivity index (χ0) is 16.5. The van der Waals surface area contributed by atoms with Gasteiger partial charge in [-0.25, -0.2) is 0 Å². The lowest BCUT2D eigenvalue weighted by Gasteiger charge is -2.08. The van der Waals surface area contributed by atoms with E-state index >= 15 is 0 Å². The van der Waals surface area contributed by atoms with Crippen molar-refractivity contribution in [1.29, 1.82) is 0 Å². The number of unbranched alkanes of at least 4 members (excludes halogenated alkanes) is 3. The van der Waals surface area contributed by atoms with Gasteiger partial charge in [-0.15, -0.1) is 0 Å². The van der Waals surface area contributed by atoms with E-state index in [1.165, 1.54) is 0 Å². The second-order valence-electron chi connectivity index (χ2n) is 5.25. The molecule has 0 aromatic heterocycles. The van der Waals surface area contributed by atoms with E-state index in [9.17, 15) is 0 Å². The third-order valence-electron chi connectivity index (χ3n) is 3.34. The Balaban J connectivity index is 1.51. The van der Waals surface area contributed by atoms with Gasteiger partial charge >= 0.3 is 0 Å². The first-order valence-electron chi connectivity index (χ1n) is 7.71. The Bertz CT molecular complexity index is 602. The molecule has 124 valence electrons. The summed E-state index contributed by atoms with van der Waals surface area (Å²) in [6, 6.07) is 12.7. The Morgan fingerprint density at radius 3 is 2.09 bits per heavy atom. The molecule has 2 rings (SSSR count). The highest BCUT2D eigenvalue weighted by atomic mass is 35.5. The molecule has 0 atom stereocenters. The summed E-state index contributed by atoms with van der Waals surface area (Å²) in [5.41, 5.74) is 6.37. The Hall–Kier alpha value is -1.58. The lowest BCUT2D eigenvalue weighted by Crippen LogP contribution is -2.00. The minimum atomic E-state index is 0.550. The summed E-state index contributed by atoms with van der Waals surface area (Å²) in [4.78, 5) is 0. The van der Waals surface area contributed by atoms with Crippen LogP contribution in [0.4, 0.5) is 5.69 Å². The molecule has 2 aromatic rings. The molecule has 0 bridgehead atoms. The molecular formula is C18H21Cl2NO2. The Morgan fingerprint density at radius 2 is 1.43 bits per heavy atom. The van der Waals surface area contributed by atoms with Crippen LogP contribution in [0.25, 0.3) is 0 Å². The van der Waals surface area contributed by atoms with Crippen LogP contribution >= 0.6 is 23.2 Å². The third-order valence-corrected chi connectivity index (χ3v) is 3.87. The van der Waals surface area contributed by atoms with Crippen molar-refractivity contribution in [3.8, 4) is 11.5 Å². The summed E-state index contributed by atoms with van der Waals surface area (Å²) in [5.74, 6) is 1.54. The van der Waals surface area contributed by atoms with Gasteiger partial charge in [0.2, 0.25) is 0 Å². The smallest absolute Gasteiger partial charge is 0.137 e. The van der Waals surface area contributed by atoms with Crippen LogP contribution in [0.2, 0.25) is 10.0 Å². The van der Waals surface area contributed by atoms with Crippen molar-refractivity contribution in [3.63, 3.8) is 0 Å². The van der Waals surface area contributed by atoms with Crippen LogP contribution in [0.1, 0.15) is 25.7 Å². The van der Waals surface area contributed by atoms with Crippen molar-refractivity contribution < 1.29 is 9.47 Å². The molecule has 0 unspecified atom stereocenters. The molecule has 2 N–H and O–H groups in total. The maximum atomic E-state index is 6.05. The molecule has 0 spiro atoms. The monoisotopic (exact) mass is 353 g/mol. The molecule has 0 radical (unpaired) electrons. The minimum Gasteiger partial charge on any atom is -0.494 e. The molecule has 23 heavy (non-hydrogen) atoms. The standard InChI is InChI=1S/C18H21Cl2NO2/c19-14-5-10-18(17(20)13-14)23-12-4-2-1-3-11-22-16-8-6-15(21)7-9-16/h5-10,13H,1-4,11-12,21H2. The molecule has 0 saturated heterocycles. The first kappa shape index (κ1) is 17.8. The van der Waals surface area contributed by atoms with Gasteiger partial charge in [0.25, 0.3) is 0 Å². The quantitative estimate of drug-likeness (QED) is 0.471. The van der Waals surface area contributed by atoms with Crippen molar-refractivity contribution in [2.24, 2.45) is 0 Å². The lowest BCUT2D eigenvalue weighted by molar-refractivity contribution is 0.287. The number of rotatable bonds is 9. The van der Waals surface area contributed by atoms with Crippen LogP contribution in [-0.2, 0) is 0 Å². The van der Waals surface area contributed by atoms with Crippen LogP contribution in [0.15, 0.2) is 42.5 Å². The van der Waals surface area contributed by atoms with Gasteiger partial charge in [-0.05, 0) is 68.1 Å².